The van der Waals surface area contributed by atoms with Gasteiger partial charge in [0, 0.05) is 12.6 Å². The predicted octanol–water partition coefficient (Wildman–Crippen LogP) is 3.15. The van der Waals surface area contributed by atoms with Crippen LogP contribution < -0.4 is 0 Å². The summed E-state index contributed by atoms with van der Waals surface area (Å²) in [7, 11) is 0. The third-order valence-corrected chi connectivity index (χ3v) is 3.87. The highest BCUT2D eigenvalue weighted by atomic mass is 16.3. The number of aliphatic hydroxyl groups is 1. The second kappa shape index (κ2) is 5.14. The molecule has 0 spiro atoms. The Hall–Kier alpha value is -1.67. The lowest BCUT2D eigenvalue weighted by Crippen LogP contribution is -2.04. The average Bonchev–Trinajstić information content (AvgIpc) is 2.87. The molecule has 0 saturated heterocycles. The molecule has 3 rings (SSSR count). The number of aliphatic hydroxyl groups excluding tert-OH is 1. The van der Waals surface area contributed by atoms with Crippen LogP contribution in [0, 0.1) is 6.92 Å². The van der Waals surface area contributed by atoms with Gasteiger partial charge in [-0.15, -0.1) is 0 Å². The van der Waals surface area contributed by atoms with Crippen LogP contribution in [0.4, 0.5) is 0 Å². The van der Waals surface area contributed by atoms with Crippen molar-refractivity contribution in [3.63, 3.8) is 0 Å². The van der Waals surface area contributed by atoms with E-state index >= 15 is 0 Å². The molecule has 2 heteroatoms. The molecule has 0 fully saturated rings. The number of aromatic nitrogens is 1. The molecule has 0 aliphatic heterocycles. The first-order valence-electron chi connectivity index (χ1n) is 6.93. The van der Waals surface area contributed by atoms with Crippen LogP contribution >= 0.6 is 0 Å². The van der Waals surface area contributed by atoms with Crippen molar-refractivity contribution in [2.45, 2.75) is 38.7 Å². The molecular weight excluding hydrogens is 234 g/mol. The van der Waals surface area contributed by atoms with Gasteiger partial charge in [0.05, 0.1) is 11.8 Å². The Bertz CT molecular complexity index is 574. The Morgan fingerprint density at radius 1 is 1.16 bits per heavy atom. The number of rotatable bonds is 3. The molecule has 1 unspecified atom stereocenters. The van der Waals surface area contributed by atoms with Crippen molar-refractivity contribution in [3.05, 3.63) is 64.5 Å². The summed E-state index contributed by atoms with van der Waals surface area (Å²) in [5.41, 5.74) is 6.02. The van der Waals surface area contributed by atoms with Gasteiger partial charge in [0.2, 0.25) is 0 Å². The topological polar surface area (TPSA) is 33.1 Å². The Morgan fingerprint density at radius 2 is 2.00 bits per heavy atom. The predicted molar refractivity (Wildman–Crippen MR) is 76.1 cm³/mol. The van der Waals surface area contributed by atoms with Gasteiger partial charge < -0.3 is 5.11 Å². The molecule has 1 aromatic carbocycles. The van der Waals surface area contributed by atoms with Crippen LogP contribution in [0.25, 0.3) is 0 Å². The van der Waals surface area contributed by atoms with Crippen LogP contribution in [0.15, 0.2) is 36.5 Å². The lowest BCUT2D eigenvalue weighted by atomic mass is 10.0. The molecule has 1 aliphatic carbocycles. The molecule has 19 heavy (non-hydrogen) atoms. The molecule has 1 N–H and O–H groups in total. The van der Waals surface area contributed by atoms with Crippen LogP contribution in [0.3, 0.4) is 0 Å². The number of aryl methyl sites for hydroxylation is 3. The van der Waals surface area contributed by atoms with Crippen LogP contribution in [-0.2, 0) is 19.3 Å². The van der Waals surface area contributed by atoms with Gasteiger partial charge in [-0.05, 0) is 54.5 Å². The van der Waals surface area contributed by atoms with E-state index in [9.17, 15) is 5.11 Å². The number of pyridine rings is 1. The number of nitrogens with zero attached hydrogens (tertiary/aromatic N) is 1. The lowest BCUT2D eigenvalue weighted by Gasteiger charge is -2.11. The van der Waals surface area contributed by atoms with Crippen molar-refractivity contribution in [3.8, 4) is 0 Å². The summed E-state index contributed by atoms with van der Waals surface area (Å²) in [5, 5.41) is 10.3. The zero-order valence-corrected chi connectivity index (χ0v) is 11.3. The molecular formula is C17H19NO. The van der Waals surface area contributed by atoms with E-state index < -0.39 is 6.10 Å². The van der Waals surface area contributed by atoms with E-state index in [0.29, 0.717) is 6.42 Å². The summed E-state index contributed by atoms with van der Waals surface area (Å²) >= 11 is 0. The molecule has 0 amide bonds. The van der Waals surface area contributed by atoms with Crippen molar-refractivity contribution in [2.24, 2.45) is 0 Å². The highest BCUT2D eigenvalue weighted by Crippen LogP contribution is 2.25. The second-order valence-corrected chi connectivity index (χ2v) is 5.44. The molecule has 0 saturated carbocycles. The van der Waals surface area contributed by atoms with Gasteiger partial charge in [-0.2, -0.15) is 0 Å². The van der Waals surface area contributed by atoms with Gasteiger partial charge in [-0.25, -0.2) is 0 Å². The summed E-state index contributed by atoms with van der Waals surface area (Å²) in [6.07, 6.45) is 5.59. The van der Waals surface area contributed by atoms with Gasteiger partial charge in [0.25, 0.3) is 0 Å². The van der Waals surface area contributed by atoms with Crippen molar-refractivity contribution in [2.75, 3.05) is 0 Å². The minimum Gasteiger partial charge on any atom is -0.386 e. The first kappa shape index (κ1) is 12.4. The quantitative estimate of drug-likeness (QED) is 0.911. The van der Waals surface area contributed by atoms with E-state index in [1.807, 2.05) is 19.1 Å². The molecule has 2 aromatic rings. The third-order valence-electron chi connectivity index (χ3n) is 3.87. The number of fused-ring (bicyclic) bond motifs is 1. The van der Waals surface area contributed by atoms with E-state index in [2.05, 4.69) is 23.2 Å². The molecule has 1 aromatic heterocycles. The molecule has 1 atom stereocenters. The maximum atomic E-state index is 10.3. The summed E-state index contributed by atoms with van der Waals surface area (Å²) < 4.78 is 0. The molecule has 2 nitrogen and oxygen atoms in total. The molecule has 98 valence electrons. The third kappa shape index (κ3) is 2.69. The van der Waals surface area contributed by atoms with E-state index in [1.54, 1.807) is 6.20 Å². The van der Waals surface area contributed by atoms with Crippen molar-refractivity contribution < 1.29 is 5.11 Å². The minimum atomic E-state index is -0.514. The van der Waals surface area contributed by atoms with Crippen LogP contribution in [0.5, 0.6) is 0 Å². The largest absolute Gasteiger partial charge is 0.386 e. The standard InChI is InChI=1S/C17H19NO/c1-12-5-8-16(18-11-12)17(19)10-13-6-7-14-3-2-4-15(14)9-13/h5-9,11,17,19H,2-4,10H2,1H3. The fourth-order valence-electron chi connectivity index (χ4n) is 2.76. The van der Waals surface area contributed by atoms with Crippen LogP contribution in [0.1, 0.15) is 40.5 Å². The molecule has 0 bridgehead atoms. The van der Waals surface area contributed by atoms with E-state index in [1.165, 1.54) is 36.0 Å². The second-order valence-electron chi connectivity index (χ2n) is 5.44. The first-order valence-corrected chi connectivity index (χ1v) is 6.93. The van der Waals surface area contributed by atoms with Gasteiger partial charge in [0.15, 0.2) is 0 Å². The first-order chi connectivity index (χ1) is 9.22. The van der Waals surface area contributed by atoms with Crippen molar-refractivity contribution in [1.29, 1.82) is 0 Å². The molecule has 1 heterocycles. The number of hydrogen-bond donors (Lipinski definition) is 1. The summed E-state index contributed by atoms with van der Waals surface area (Å²) in [4.78, 5) is 4.30. The normalized spacial score (nSPS) is 15.3. The maximum absolute atomic E-state index is 10.3. The van der Waals surface area contributed by atoms with Crippen LogP contribution in [-0.4, -0.2) is 10.1 Å². The fourth-order valence-corrected chi connectivity index (χ4v) is 2.76. The Labute approximate surface area is 114 Å². The van der Waals surface area contributed by atoms with Gasteiger partial charge in [0.1, 0.15) is 0 Å². The van der Waals surface area contributed by atoms with E-state index in [-0.39, 0.29) is 0 Å². The Kier molecular flexibility index (Phi) is 3.34. The SMILES string of the molecule is Cc1ccc(C(O)Cc2ccc3c(c2)CCC3)nc1. The highest BCUT2D eigenvalue weighted by molar-refractivity contribution is 5.35. The maximum Gasteiger partial charge on any atom is 0.0999 e. The monoisotopic (exact) mass is 253 g/mol. The summed E-state index contributed by atoms with van der Waals surface area (Å²) in [5.74, 6) is 0. The molecule has 1 aliphatic rings. The highest BCUT2D eigenvalue weighted by Gasteiger charge is 2.14. The van der Waals surface area contributed by atoms with Crippen LogP contribution in [0.2, 0.25) is 0 Å². The van der Waals surface area contributed by atoms with Crippen molar-refractivity contribution in [1.82, 2.24) is 4.98 Å². The minimum absolute atomic E-state index is 0.514. The summed E-state index contributed by atoms with van der Waals surface area (Å²) in [6.45, 7) is 2.00. The smallest absolute Gasteiger partial charge is 0.0999 e. The Morgan fingerprint density at radius 3 is 2.79 bits per heavy atom. The Balaban J connectivity index is 1.75. The van der Waals surface area contributed by atoms with E-state index in [0.717, 1.165) is 11.3 Å². The lowest BCUT2D eigenvalue weighted by molar-refractivity contribution is 0.173. The van der Waals surface area contributed by atoms with Crippen molar-refractivity contribution >= 4 is 0 Å². The van der Waals surface area contributed by atoms with Gasteiger partial charge in [-0.1, -0.05) is 24.3 Å². The molecule has 0 radical (unpaired) electrons. The fraction of sp³-hybridized carbons (Fsp3) is 0.353. The number of hydrogen-bond acceptors (Lipinski definition) is 2. The zero-order valence-electron chi connectivity index (χ0n) is 11.3. The van der Waals surface area contributed by atoms with Gasteiger partial charge >= 0.3 is 0 Å². The van der Waals surface area contributed by atoms with E-state index in [4.69, 9.17) is 0 Å². The zero-order chi connectivity index (χ0) is 13.2. The van der Waals surface area contributed by atoms with Gasteiger partial charge in [-0.3, -0.25) is 4.98 Å². The number of benzene rings is 1. The average molecular weight is 253 g/mol. The summed E-state index contributed by atoms with van der Waals surface area (Å²) in [6, 6.07) is 10.5.